The number of carboxylic acid groups (broad SMARTS) is 1. The van der Waals surface area contributed by atoms with Gasteiger partial charge in [-0.3, -0.25) is 8.61 Å². The van der Waals surface area contributed by atoms with Crippen molar-refractivity contribution in [2.75, 3.05) is 46.7 Å². The molecule has 2 fully saturated rings. The molecule has 3 aliphatic rings. The van der Waals surface area contributed by atoms with Crippen LogP contribution in [0.4, 0.5) is 30.8 Å². The van der Waals surface area contributed by atoms with E-state index in [4.69, 9.17) is 4.98 Å². The van der Waals surface area contributed by atoms with Crippen molar-refractivity contribution in [1.29, 1.82) is 5.26 Å². The van der Waals surface area contributed by atoms with E-state index in [0.717, 1.165) is 8.61 Å². The zero-order valence-electron chi connectivity index (χ0n) is 22.1. The second-order valence-corrected chi connectivity index (χ2v) is 13.2. The van der Waals surface area contributed by atoms with Gasteiger partial charge in [-0.25, -0.2) is 18.6 Å². The van der Waals surface area contributed by atoms with Crippen LogP contribution in [0.3, 0.4) is 0 Å². The highest BCUT2D eigenvalue weighted by molar-refractivity contribution is 7.94. The van der Waals surface area contributed by atoms with Gasteiger partial charge >= 0.3 is 16.3 Å². The summed E-state index contributed by atoms with van der Waals surface area (Å²) in [5.74, 6) is -3.43. The van der Waals surface area contributed by atoms with E-state index in [1.807, 2.05) is 25.7 Å². The van der Waals surface area contributed by atoms with Gasteiger partial charge in [0, 0.05) is 51.1 Å². The van der Waals surface area contributed by atoms with E-state index < -0.39 is 28.1 Å². The number of amides is 1. The smallest absolute Gasteiger partial charge is 0.407 e. The Labute approximate surface area is 226 Å². The summed E-state index contributed by atoms with van der Waals surface area (Å²) in [5, 5.41) is 19.5. The SMILES string of the molecule is CN1c2cc(-c3ccc(C#N)c(N4CCN(C(=O)O)C(C(C)(C)C)C4)n3)ccc2N(CC2CC2(F)F)S1(=O)=O. The number of carbonyl (C=O) groups is 1. The molecule has 5 rings (SSSR count). The minimum Gasteiger partial charge on any atom is -0.465 e. The number of nitriles is 1. The van der Waals surface area contributed by atoms with Crippen molar-refractivity contribution >= 4 is 33.5 Å². The molecule has 2 aromatic rings. The second kappa shape index (κ2) is 8.94. The summed E-state index contributed by atoms with van der Waals surface area (Å²) in [4.78, 5) is 20.0. The molecule has 1 N–H and O–H groups in total. The van der Waals surface area contributed by atoms with Gasteiger partial charge in [0.15, 0.2) is 0 Å². The maximum Gasteiger partial charge on any atom is 0.407 e. The first-order valence-corrected chi connectivity index (χ1v) is 14.0. The Balaban J connectivity index is 1.48. The minimum atomic E-state index is -3.99. The van der Waals surface area contributed by atoms with E-state index in [0.29, 0.717) is 47.1 Å². The van der Waals surface area contributed by atoms with E-state index >= 15 is 0 Å². The van der Waals surface area contributed by atoms with Crippen LogP contribution in [0.25, 0.3) is 11.3 Å². The number of hydrogen-bond acceptors (Lipinski definition) is 6. The highest BCUT2D eigenvalue weighted by Gasteiger charge is 2.59. The molecule has 2 unspecified atom stereocenters. The summed E-state index contributed by atoms with van der Waals surface area (Å²) < 4.78 is 55.2. The number of piperazine rings is 1. The average molecular weight is 561 g/mol. The predicted molar refractivity (Wildman–Crippen MR) is 142 cm³/mol. The average Bonchev–Trinajstić information content (AvgIpc) is 3.44. The summed E-state index contributed by atoms with van der Waals surface area (Å²) >= 11 is 0. The fourth-order valence-electron chi connectivity index (χ4n) is 5.29. The summed E-state index contributed by atoms with van der Waals surface area (Å²) in [6, 6.07) is 10.1. The summed E-state index contributed by atoms with van der Waals surface area (Å²) in [6.45, 7) is 6.58. The monoisotopic (exact) mass is 560 g/mol. The van der Waals surface area contributed by atoms with Crippen LogP contribution in [0.15, 0.2) is 30.3 Å². The topological polar surface area (TPSA) is 121 Å². The lowest BCUT2D eigenvalue weighted by Crippen LogP contribution is -2.59. The van der Waals surface area contributed by atoms with Crippen LogP contribution >= 0.6 is 0 Å². The third kappa shape index (κ3) is 4.60. The Morgan fingerprint density at radius 1 is 1.21 bits per heavy atom. The van der Waals surface area contributed by atoms with Crippen molar-refractivity contribution in [2.45, 2.75) is 39.2 Å². The molecular weight excluding hydrogens is 530 g/mol. The number of nitrogens with zero attached hydrogens (tertiary/aromatic N) is 6. The maximum absolute atomic E-state index is 13.6. The summed E-state index contributed by atoms with van der Waals surface area (Å²) in [5.41, 5.74) is 1.76. The normalized spacial score (nSPS) is 23.4. The Morgan fingerprint density at radius 3 is 2.49 bits per heavy atom. The van der Waals surface area contributed by atoms with E-state index in [1.54, 1.807) is 30.3 Å². The Hall–Kier alpha value is -3.66. The van der Waals surface area contributed by atoms with Gasteiger partial charge < -0.3 is 14.9 Å². The van der Waals surface area contributed by atoms with Gasteiger partial charge in [-0.1, -0.05) is 26.8 Å². The van der Waals surface area contributed by atoms with Crippen LogP contribution in [0.2, 0.25) is 0 Å². The summed E-state index contributed by atoms with van der Waals surface area (Å²) in [6.07, 6.45) is -1.32. The molecule has 1 saturated carbocycles. The quantitative estimate of drug-likeness (QED) is 0.600. The number of alkyl halides is 2. The number of hydrogen-bond donors (Lipinski definition) is 1. The lowest BCUT2D eigenvalue weighted by molar-refractivity contribution is 0.0747. The molecule has 39 heavy (non-hydrogen) atoms. The number of pyridine rings is 1. The largest absolute Gasteiger partial charge is 0.465 e. The van der Waals surface area contributed by atoms with Crippen molar-refractivity contribution in [3.63, 3.8) is 0 Å². The molecule has 1 amide bonds. The van der Waals surface area contributed by atoms with Gasteiger partial charge in [0.2, 0.25) is 0 Å². The molecule has 1 aromatic heterocycles. The van der Waals surface area contributed by atoms with Crippen LogP contribution in [0.1, 0.15) is 32.8 Å². The molecule has 2 aliphatic heterocycles. The molecule has 13 heteroatoms. The van der Waals surface area contributed by atoms with Gasteiger partial charge in [-0.2, -0.15) is 13.7 Å². The van der Waals surface area contributed by atoms with Crippen molar-refractivity contribution < 1.29 is 27.1 Å². The molecule has 1 aromatic carbocycles. The van der Waals surface area contributed by atoms with E-state index in [2.05, 4.69) is 6.07 Å². The van der Waals surface area contributed by atoms with Gasteiger partial charge in [0.05, 0.1) is 28.7 Å². The molecule has 208 valence electrons. The Kier molecular flexibility index (Phi) is 6.17. The lowest BCUT2D eigenvalue weighted by atomic mass is 9.84. The zero-order valence-corrected chi connectivity index (χ0v) is 22.9. The first kappa shape index (κ1) is 26.9. The third-order valence-electron chi connectivity index (χ3n) is 7.77. The van der Waals surface area contributed by atoms with Crippen LogP contribution in [-0.2, 0) is 10.2 Å². The highest BCUT2D eigenvalue weighted by atomic mass is 32.2. The maximum atomic E-state index is 13.6. The molecule has 1 saturated heterocycles. The number of rotatable bonds is 4. The molecule has 0 spiro atoms. The van der Waals surface area contributed by atoms with Crippen molar-refractivity contribution in [2.24, 2.45) is 11.3 Å². The van der Waals surface area contributed by atoms with E-state index in [-0.39, 0.29) is 31.0 Å². The van der Waals surface area contributed by atoms with Crippen molar-refractivity contribution in [3.8, 4) is 17.3 Å². The molecule has 1 aliphatic carbocycles. The first-order chi connectivity index (χ1) is 18.1. The van der Waals surface area contributed by atoms with Crippen molar-refractivity contribution in [1.82, 2.24) is 9.88 Å². The number of benzene rings is 1. The number of halogens is 2. The Morgan fingerprint density at radius 2 is 1.90 bits per heavy atom. The van der Waals surface area contributed by atoms with E-state index in [9.17, 15) is 32.4 Å². The molecule has 3 heterocycles. The van der Waals surface area contributed by atoms with E-state index in [1.165, 1.54) is 11.9 Å². The second-order valence-electron chi connectivity index (χ2n) is 11.4. The molecule has 10 nitrogen and oxygen atoms in total. The van der Waals surface area contributed by atoms with Gasteiger partial charge in [-0.15, -0.1) is 0 Å². The standard InChI is InChI=1S/C26H30F2N6O4S/c1-25(2,3)22-15-32(9-10-33(22)24(35)36)23-17(13-29)5-7-19(30-23)16-6-8-20-21(11-16)31(4)39(37,38)34(20)14-18-12-26(18,27)28/h5-8,11,18,22H,9-10,12,14-15H2,1-4H3,(H,35,36). The van der Waals surface area contributed by atoms with Crippen LogP contribution in [0, 0.1) is 22.7 Å². The fraction of sp³-hybridized carbons (Fsp3) is 0.500. The van der Waals surface area contributed by atoms with Crippen molar-refractivity contribution in [3.05, 3.63) is 35.9 Å². The molecule has 0 radical (unpaired) electrons. The van der Waals surface area contributed by atoms with Crippen LogP contribution < -0.4 is 13.5 Å². The van der Waals surface area contributed by atoms with Gasteiger partial charge in [-0.05, 0) is 29.7 Å². The third-order valence-corrected chi connectivity index (χ3v) is 9.56. The van der Waals surface area contributed by atoms with Crippen LogP contribution in [-0.4, -0.2) is 74.7 Å². The predicted octanol–water partition coefficient (Wildman–Crippen LogP) is 3.99. The molecule has 0 bridgehead atoms. The van der Waals surface area contributed by atoms with Gasteiger partial charge in [0.25, 0.3) is 5.92 Å². The highest BCUT2D eigenvalue weighted by Crippen LogP contribution is 2.51. The number of aromatic nitrogens is 1. The van der Waals surface area contributed by atoms with Gasteiger partial charge in [0.1, 0.15) is 11.9 Å². The molecular formula is C26H30F2N6O4S. The number of fused-ring (bicyclic) bond motifs is 1. The Bertz CT molecular complexity index is 1490. The zero-order chi connectivity index (χ0) is 28.5. The first-order valence-electron chi connectivity index (χ1n) is 12.6. The number of anilines is 3. The lowest BCUT2D eigenvalue weighted by Gasteiger charge is -2.46. The summed E-state index contributed by atoms with van der Waals surface area (Å²) in [7, 11) is -2.60. The fourth-order valence-corrected chi connectivity index (χ4v) is 6.75. The molecule has 2 atom stereocenters. The van der Waals surface area contributed by atoms with Crippen LogP contribution in [0.5, 0.6) is 0 Å². The minimum absolute atomic E-state index is 0.255.